The molecule has 0 saturated heterocycles. The average molecular weight is 258 g/mol. The number of hydrogen-bond acceptors (Lipinski definition) is 2. The Hall–Kier alpha value is -1.83. The van der Waals surface area contributed by atoms with Gasteiger partial charge in [0.15, 0.2) is 0 Å². The van der Waals surface area contributed by atoms with Crippen molar-refractivity contribution in [2.75, 3.05) is 6.61 Å². The van der Waals surface area contributed by atoms with Crippen molar-refractivity contribution in [2.45, 2.75) is 32.6 Å². The summed E-state index contributed by atoms with van der Waals surface area (Å²) in [5, 5.41) is 0. The third kappa shape index (κ3) is 7.98. The van der Waals surface area contributed by atoms with E-state index in [4.69, 9.17) is 4.74 Å². The van der Waals surface area contributed by atoms with Gasteiger partial charge in [-0.05, 0) is 38.2 Å². The highest BCUT2D eigenvalue weighted by Crippen LogP contribution is 2.03. The number of carbonyl (C=O) groups excluding carboxylic acids is 1. The van der Waals surface area contributed by atoms with Gasteiger partial charge in [0, 0.05) is 6.08 Å². The summed E-state index contributed by atoms with van der Waals surface area (Å²) in [5.41, 5.74) is 1.37. The van der Waals surface area contributed by atoms with E-state index in [2.05, 4.69) is 36.4 Å². The quantitative estimate of drug-likeness (QED) is 0.304. The Kier molecular flexibility index (Phi) is 8.12. The van der Waals surface area contributed by atoms with E-state index >= 15 is 0 Å². The standard InChI is InChI=1S/C17H22O2/c1-2-19-17(18)15-11-6-4-3-5-8-12-16-13-9-7-10-14-16/h3,5,7,9-11,13-15H,2,4,6,8,12H2,1H3/b5-3?,15-11-. The molecule has 102 valence electrons. The Bertz CT molecular complexity index is 405. The second-order valence-electron chi connectivity index (χ2n) is 4.23. The van der Waals surface area contributed by atoms with Crippen LogP contribution in [0.3, 0.4) is 0 Å². The summed E-state index contributed by atoms with van der Waals surface area (Å²) in [6.45, 7) is 2.24. The first-order chi connectivity index (χ1) is 9.33. The fourth-order valence-electron chi connectivity index (χ4n) is 1.69. The summed E-state index contributed by atoms with van der Waals surface area (Å²) in [6, 6.07) is 10.5. The van der Waals surface area contributed by atoms with Gasteiger partial charge in [0.25, 0.3) is 0 Å². The number of benzene rings is 1. The number of ether oxygens (including phenoxy) is 1. The van der Waals surface area contributed by atoms with Crippen LogP contribution in [-0.2, 0) is 16.0 Å². The Morgan fingerprint density at radius 3 is 2.47 bits per heavy atom. The maximum Gasteiger partial charge on any atom is 0.330 e. The van der Waals surface area contributed by atoms with Crippen molar-refractivity contribution in [3.8, 4) is 0 Å². The molecule has 0 radical (unpaired) electrons. The Balaban J connectivity index is 2.06. The third-order valence-electron chi connectivity index (χ3n) is 2.65. The lowest BCUT2D eigenvalue weighted by Gasteiger charge is -1.96. The molecule has 0 spiro atoms. The molecule has 1 aromatic carbocycles. The predicted molar refractivity (Wildman–Crippen MR) is 78.9 cm³/mol. The second kappa shape index (κ2) is 10.1. The van der Waals surface area contributed by atoms with Crippen LogP contribution in [0.5, 0.6) is 0 Å². The topological polar surface area (TPSA) is 26.3 Å². The molecule has 0 saturated carbocycles. The Morgan fingerprint density at radius 1 is 1.05 bits per heavy atom. The second-order valence-corrected chi connectivity index (χ2v) is 4.23. The number of esters is 1. The zero-order valence-corrected chi connectivity index (χ0v) is 11.5. The van der Waals surface area contributed by atoms with Gasteiger partial charge in [-0.1, -0.05) is 48.6 Å². The molecule has 0 bridgehead atoms. The molecular formula is C17H22O2. The molecule has 0 amide bonds. The normalized spacial score (nSPS) is 11.2. The minimum atomic E-state index is -0.254. The lowest BCUT2D eigenvalue weighted by molar-refractivity contribution is -0.137. The van der Waals surface area contributed by atoms with Gasteiger partial charge >= 0.3 is 5.97 Å². The average Bonchev–Trinajstić information content (AvgIpc) is 2.43. The van der Waals surface area contributed by atoms with E-state index in [-0.39, 0.29) is 5.97 Å². The predicted octanol–water partition coefficient (Wildman–Crippen LogP) is 4.07. The largest absolute Gasteiger partial charge is 0.463 e. The van der Waals surface area contributed by atoms with Crippen LogP contribution in [0.15, 0.2) is 54.6 Å². The van der Waals surface area contributed by atoms with Crippen molar-refractivity contribution < 1.29 is 9.53 Å². The van der Waals surface area contributed by atoms with Gasteiger partial charge in [-0.3, -0.25) is 0 Å². The number of unbranched alkanes of at least 4 members (excludes halogenated alkanes) is 1. The molecule has 19 heavy (non-hydrogen) atoms. The Labute approximate surface area is 115 Å². The van der Waals surface area contributed by atoms with Crippen molar-refractivity contribution >= 4 is 5.97 Å². The molecule has 0 aliphatic carbocycles. The minimum Gasteiger partial charge on any atom is -0.463 e. The number of allylic oxidation sites excluding steroid dienone is 3. The van der Waals surface area contributed by atoms with Crippen LogP contribution in [0.2, 0.25) is 0 Å². The minimum absolute atomic E-state index is 0.254. The van der Waals surface area contributed by atoms with E-state index in [9.17, 15) is 4.79 Å². The molecule has 2 nitrogen and oxygen atoms in total. The van der Waals surface area contributed by atoms with Crippen LogP contribution in [0, 0.1) is 0 Å². The van der Waals surface area contributed by atoms with E-state index in [0.717, 1.165) is 25.7 Å². The van der Waals surface area contributed by atoms with Crippen molar-refractivity contribution in [3.63, 3.8) is 0 Å². The van der Waals surface area contributed by atoms with Crippen LogP contribution in [0.4, 0.5) is 0 Å². The fourth-order valence-corrected chi connectivity index (χ4v) is 1.69. The van der Waals surface area contributed by atoms with E-state index in [1.165, 1.54) is 11.6 Å². The van der Waals surface area contributed by atoms with E-state index in [1.54, 1.807) is 6.92 Å². The van der Waals surface area contributed by atoms with Crippen molar-refractivity contribution in [2.24, 2.45) is 0 Å². The fraction of sp³-hybridized carbons (Fsp3) is 0.353. The SMILES string of the molecule is CCOC(=O)/C=C\CCC=CCCc1ccccc1. The lowest BCUT2D eigenvalue weighted by atomic mass is 10.1. The van der Waals surface area contributed by atoms with Gasteiger partial charge in [0.2, 0.25) is 0 Å². The molecule has 0 aromatic heterocycles. The first-order valence-electron chi connectivity index (χ1n) is 6.85. The van der Waals surface area contributed by atoms with Crippen molar-refractivity contribution in [1.82, 2.24) is 0 Å². The van der Waals surface area contributed by atoms with E-state index in [0.29, 0.717) is 6.61 Å². The van der Waals surface area contributed by atoms with Crippen LogP contribution < -0.4 is 0 Å². The van der Waals surface area contributed by atoms with Gasteiger partial charge in [0.05, 0.1) is 6.61 Å². The van der Waals surface area contributed by atoms with E-state index < -0.39 is 0 Å². The molecule has 0 aliphatic rings. The first-order valence-corrected chi connectivity index (χ1v) is 6.85. The lowest BCUT2D eigenvalue weighted by Crippen LogP contribution is -1.98. The maximum absolute atomic E-state index is 11.0. The summed E-state index contributed by atoms with van der Waals surface area (Å²) in [4.78, 5) is 11.0. The maximum atomic E-state index is 11.0. The van der Waals surface area contributed by atoms with Crippen LogP contribution in [0.1, 0.15) is 31.7 Å². The number of aryl methyl sites for hydroxylation is 1. The van der Waals surface area contributed by atoms with Crippen LogP contribution >= 0.6 is 0 Å². The van der Waals surface area contributed by atoms with Crippen molar-refractivity contribution in [1.29, 1.82) is 0 Å². The first kappa shape index (κ1) is 15.2. The van der Waals surface area contributed by atoms with Gasteiger partial charge in [0.1, 0.15) is 0 Å². The summed E-state index contributed by atoms with van der Waals surface area (Å²) in [7, 11) is 0. The molecule has 0 unspecified atom stereocenters. The molecule has 0 fully saturated rings. The molecule has 2 heteroatoms. The molecule has 1 rings (SSSR count). The van der Waals surface area contributed by atoms with Gasteiger partial charge in [-0.25, -0.2) is 4.79 Å². The molecule has 0 heterocycles. The number of rotatable bonds is 8. The summed E-state index contributed by atoms with van der Waals surface area (Å²) in [6.07, 6.45) is 11.7. The highest BCUT2D eigenvalue weighted by molar-refractivity contribution is 5.81. The van der Waals surface area contributed by atoms with Crippen LogP contribution in [0.25, 0.3) is 0 Å². The summed E-state index contributed by atoms with van der Waals surface area (Å²) in [5.74, 6) is -0.254. The molecule has 1 aromatic rings. The number of carbonyl (C=O) groups is 1. The molecule has 0 N–H and O–H groups in total. The molecule has 0 atom stereocenters. The third-order valence-corrected chi connectivity index (χ3v) is 2.65. The smallest absolute Gasteiger partial charge is 0.330 e. The zero-order chi connectivity index (χ0) is 13.8. The van der Waals surface area contributed by atoms with E-state index in [1.807, 2.05) is 12.1 Å². The van der Waals surface area contributed by atoms with Crippen LogP contribution in [-0.4, -0.2) is 12.6 Å². The van der Waals surface area contributed by atoms with Gasteiger partial charge in [-0.2, -0.15) is 0 Å². The monoisotopic (exact) mass is 258 g/mol. The summed E-state index contributed by atoms with van der Waals surface area (Å²) < 4.78 is 4.79. The zero-order valence-electron chi connectivity index (χ0n) is 11.5. The number of hydrogen-bond donors (Lipinski definition) is 0. The molecule has 0 aliphatic heterocycles. The van der Waals surface area contributed by atoms with Crippen molar-refractivity contribution in [3.05, 3.63) is 60.2 Å². The Morgan fingerprint density at radius 2 is 1.74 bits per heavy atom. The molecular weight excluding hydrogens is 236 g/mol. The highest BCUT2D eigenvalue weighted by Gasteiger charge is 1.91. The summed E-state index contributed by atoms with van der Waals surface area (Å²) >= 11 is 0. The van der Waals surface area contributed by atoms with Gasteiger partial charge in [-0.15, -0.1) is 0 Å². The highest BCUT2D eigenvalue weighted by atomic mass is 16.5. The van der Waals surface area contributed by atoms with Gasteiger partial charge < -0.3 is 4.74 Å².